The molecular formula is C17H21N3. The Labute approximate surface area is 120 Å². The maximum Gasteiger partial charge on any atom is 0.115 e. The van der Waals surface area contributed by atoms with Crippen molar-refractivity contribution in [3.05, 3.63) is 48.5 Å². The number of benzene rings is 1. The Morgan fingerprint density at radius 3 is 2.40 bits per heavy atom. The highest BCUT2D eigenvalue weighted by atomic mass is 14.9. The van der Waals surface area contributed by atoms with Crippen LogP contribution in [0.3, 0.4) is 0 Å². The van der Waals surface area contributed by atoms with Crippen molar-refractivity contribution in [3.63, 3.8) is 0 Å². The van der Waals surface area contributed by atoms with Gasteiger partial charge >= 0.3 is 0 Å². The topological polar surface area (TPSA) is 37.8 Å². The van der Waals surface area contributed by atoms with Gasteiger partial charge in [0.05, 0.1) is 0 Å². The molecule has 1 aromatic carbocycles. The van der Waals surface area contributed by atoms with Crippen LogP contribution >= 0.6 is 0 Å². The van der Waals surface area contributed by atoms with Gasteiger partial charge in [0.2, 0.25) is 0 Å². The molecule has 1 atom stereocenters. The van der Waals surface area contributed by atoms with E-state index >= 15 is 0 Å². The molecule has 1 aliphatic carbocycles. The summed E-state index contributed by atoms with van der Waals surface area (Å²) in [6, 6.07) is 9.10. The molecule has 0 aliphatic heterocycles. The van der Waals surface area contributed by atoms with Crippen molar-refractivity contribution < 1.29 is 0 Å². The summed E-state index contributed by atoms with van der Waals surface area (Å²) in [7, 11) is 0. The highest BCUT2D eigenvalue weighted by Gasteiger charge is 2.17. The first-order chi connectivity index (χ1) is 9.83. The molecule has 1 aliphatic rings. The molecule has 1 aromatic heterocycles. The maximum absolute atomic E-state index is 4.06. The molecule has 2 aromatic rings. The molecular weight excluding hydrogens is 246 g/mol. The van der Waals surface area contributed by atoms with Crippen LogP contribution in [-0.4, -0.2) is 16.5 Å². The molecule has 0 radical (unpaired) electrons. The van der Waals surface area contributed by atoms with E-state index in [4.69, 9.17) is 0 Å². The van der Waals surface area contributed by atoms with E-state index in [2.05, 4.69) is 46.5 Å². The van der Waals surface area contributed by atoms with Gasteiger partial charge in [0, 0.05) is 24.0 Å². The van der Waals surface area contributed by atoms with Crippen LogP contribution in [0.25, 0.3) is 11.1 Å². The molecule has 1 N–H and O–H groups in total. The zero-order chi connectivity index (χ0) is 13.8. The highest BCUT2D eigenvalue weighted by molar-refractivity contribution is 5.61. The molecule has 0 amide bonds. The smallest absolute Gasteiger partial charge is 0.115 e. The van der Waals surface area contributed by atoms with E-state index in [0.29, 0.717) is 6.04 Å². The molecule has 20 heavy (non-hydrogen) atoms. The molecule has 0 bridgehead atoms. The minimum atomic E-state index is 0.414. The zero-order valence-corrected chi connectivity index (χ0v) is 11.9. The van der Waals surface area contributed by atoms with Crippen molar-refractivity contribution in [2.75, 3.05) is 6.54 Å². The number of hydrogen-bond acceptors (Lipinski definition) is 3. The Morgan fingerprint density at radius 1 is 1.10 bits per heavy atom. The molecule has 104 valence electrons. The van der Waals surface area contributed by atoms with Crippen LogP contribution in [0.15, 0.2) is 43.0 Å². The van der Waals surface area contributed by atoms with Gasteiger partial charge in [-0.15, -0.1) is 0 Å². The minimum Gasteiger partial charge on any atom is -0.310 e. The van der Waals surface area contributed by atoms with Crippen molar-refractivity contribution in [2.45, 2.75) is 32.2 Å². The standard InChI is InChI=1S/C17H21N3/c1-13(20-9-14-3-2-4-14)15-5-7-16(8-6-15)17-10-18-12-19-11-17/h5-8,10-14,20H,2-4,9H2,1H3. The van der Waals surface area contributed by atoms with Crippen LogP contribution in [0.5, 0.6) is 0 Å². The van der Waals surface area contributed by atoms with Crippen molar-refractivity contribution in [3.8, 4) is 11.1 Å². The second kappa shape index (κ2) is 6.14. The van der Waals surface area contributed by atoms with Gasteiger partial charge in [-0.2, -0.15) is 0 Å². The van der Waals surface area contributed by atoms with Gasteiger partial charge in [0.25, 0.3) is 0 Å². The lowest BCUT2D eigenvalue weighted by atomic mass is 9.85. The van der Waals surface area contributed by atoms with Gasteiger partial charge in [0.1, 0.15) is 6.33 Å². The first kappa shape index (κ1) is 13.3. The van der Waals surface area contributed by atoms with Crippen LogP contribution < -0.4 is 5.32 Å². The largest absolute Gasteiger partial charge is 0.310 e. The molecule has 0 saturated heterocycles. The van der Waals surface area contributed by atoms with Crippen molar-refractivity contribution in [2.24, 2.45) is 5.92 Å². The summed E-state index contributed by atoms with van der Waals surface area (Å²) in [6.45, 7) is 3.38. The number of nitrogens with zero attached hydrogens (tertiary/aromatic N) is 2. The van der Waals surface area contributed by atoms with E-state index < -0.39 is 0 Å². The monoisotopic (exact) mass is 267 g/mol. The molecule has 3 rings (SSSR count). The molecule has 1 unspecified atom stereocenters. The molecule has 1 heterocycles. The van der Waals surface area contributed by atoms with E-state index in [1.165, 1.54) is 30.4 Å². The predicted octanol–water partition coefficient (Wildman–Crippen LogP) is 3.59. The van der Waals surface area contributed by atoms with Crippen LogP contribution in [0.4, 0.5) is 0 Å². The summed E-state index contributed by atoms with van der Waals surface area (Å²) in [5.41, 5.74) is 3.57. The summed E-state index contributed by atoms with van der Waals surface area (Å²) in [5, 5.41) is 3.64. The summed E-state index contributed by atoms with van der Waals surface area (Å²) in [6.07, 6.45) is 9.46. The number of hydrogen-bond donors (Lipinski definition) is 1. The Kier molecular flexibility index (Phi) is 4.07. The molecule has 1 fully saturated rings. The first-order valence-electron chi connectivity index (χ1n) is 7.41. The fraction of sp³-hybridized carbons (Fsp3) is 0.412. The molecule has 3 heteroatoms. The molecule has 0 spiro atoms. The van der Waals surface area contributed by atoms with Crippen LogP contribution in [0, 0.1) is 5.92 Å². The second-order valence-electron chi connectivity index (χ2n) is 5.68. The number of nitrogens with one attached hydrogen (secondary N) is 1. The lowest BCUT2D eigenvalue weighted by Crippen LogP contribution is -2.29. The van der Waals surface area contributed by atoms with Gasteiger partial charge in [-0.05, 0) is 43.4 Å². The average Bonchev–Trinajstić information content (AvgIpc) is 2.46. The lowest BCUT2D eigenvalue weighted by molar-refractivity contribution is 0.292. The summed E-state index contributed by atoms with van der Waals surface area (Å²) >= 11 is 0. The van der Waals surface area contributed by atoms with Crippen LogP contribution in [-0.2, 0) is 0 Å². The third-order valence-electron chi connectivity index (χ3n) is 4.24. The van der Waals surface area contributed by atoms with Crippen molar-refractivity contribution in [1.29, 1.82) is 0 Å². The second-order valence-corrected chi connectivity index (χ2v) is 5.68. The fourth-order valence-corrected chi connectivity index (χ4v) is 2.57. The summed E-state index contributed by atoms with van der Waals surface area (Å²) < 4.78 is 0. The van der Waals surface area contributed by atoms with E-state index in [1.807, 2.05) is 12.4 Å². The van der Waals surface area contributed by atoms with Gasteiger partial charge < -0.3 is 5.32 Å². The van der Waals surface area contributed by atoms with E-state index in [-0.39, 0.29) is 0 Å². The van der Waals surface area contributed by atoms with Crippen molar-refractivity contribution >= 4 is 0 Å². The Bertz CT molecular complexity index is 532. The van der Waals surface area contributed by atoms with Crippen LogP contribution in [0.1, 0.15) is 37.8 Å². The summed E-state index contributed by atoms with van der Waals surface area (Å²) in [4.78, 5) is 8.12. The summed E-state index contributed by atoms with van der Waals surface area (Å²) in [5.74, 6) is 0.901. The number of aromatic nitrogens is 2. The third kappa shape index (κ3) is 3.05. The van der Waals surface area contributed by atoms with Gasteiger partial charge in [-0.3, -0.25) is 0 Å². The third-order valence-corrected chi connectivity index (χ3v) is 4.24. The first-order valence-corrected chi connectivity index (χ1v) is 7.41. The zero-order valence-electron chi connectivity index (χ0n) is 11.9. The van der Waals surface area contributed by atoms with E-state index in [0.717, 1.165) is 18.0 Å². The van der Waals surface area contributed by atoms with Gasteiger partial charge in [0.15, 0.2) is 0 Å². The van der Waals surface area contributed by atoms with E-state index in [1.54, 1.807) is 6.33 Å². The quantitative estimate of drug-likeness (QED) is 0.899. The highest BCUT2D eigenvalue weighted by Crippen LogP contribution is 2.26. The average molecular weight is 267 g/mol. The van der Waals surface area contributed by atoms with Crippen molar-refractivity contribution in [1.82, 2.24) is 15.3 Å². The van der Waals surface area contributed by atoms with Crippen LogP contribution in [0.2, 0.25) is 0 Å². The maximum atomic E-state index is 4.06. The minimum absolute atomic E-state index is 0.414. The number of rotatable bonds is 5. The molecule has 1 saturated carbocycles. The SMILES string of the molecule is CC(NCC1CCC1)c1ccc(-c2cncnc2)cc1. The normalized spacial score (nSPS) is 16.6. The van der Waals surface area contributed by atoms with E-state index in [9.17, 15) is 0 Å². The predicted molar refractivity (Wildman–Crippen MR) is 81.2 cm³/mol. The van der Waals surface area contributed by atoms with Gasteiger partial charge in [-0.1, -0.05) is 30.7 Å². The van der Waals surface area contributed by atoms with Gasteiger partial charge in [-0.25, -0.2) is 9.97 Å². The fourth-order valence-electron chi connectivity index (χ4n) is 2.57. The Hall–Kier alpha value is -1.74. The Morgan fingerprint density at radius 2 is 1.80 bits per heavy atom. The Balaban J connectivity index is 1.63. The molecule has 3 nitrogen and oxygen atoms in total. The lowest BCUT2D eigenvalue weighted by Gasteiger charge is -2.27.